The lowest BCUT2D eigenvalue weighted by molar-refractivity contribution is -0.201. The first-order valence-corrected chi connectivity index (χ1v) is 5.56. The second-order valence-corrected chi connectivity index (χ2v) is 4.19. The molecular weight excluding hydrogens is 261 g/mol. The number of rotatable bonds is 5. The average molecular weight is 276 g/mol. The van der Waals surface area contributed by atoms with E-state index in [0.717, 1.165) is 11.1 Å². The fourth-order valence-electron chi connectivity index (χ4n) is 1.51. The summed E-state index contributed by atoms with van der Waals surface area (Å²) in [6.45, 7) is 1.31. The van der Waals surface area contributed by atoms with Crippen LogP contribution >= 0.6 is 0 Å². The van der Waals surface area contributed by atoms with Crippen LogP contribution in [0.25, 0.3) is 0 Å². The van der Waals surface area contributed by atoms with Crippen molar-refractivity contribution in [2.45, 2.75) is 25.7 Å². The van der Waals surface area contributed by atoms with Crippen LogP contribution in [0.15, 0.2) is 18.2 Å². The molecule has 0 fully saturated rings. The average Bonchev–Trinajstić information content (AvgIpc) is 2.29. The lowest BCUT2D eigenvalue weighted by Gasteiger charge is -2.15. The number of primary amides is 1. The zero-order valence-corrected chi connectivity index (χ0v) is 10.3. The summed E-state index contributed by atoms with van der Waals surface area (Å²) in [7, 11) is 0. The van der Waals surface area contributed by atoms with Gasteiger partial charge in [0, 0.05) is 18.7 Å². The molecular formula is C12H15F3N2O2. The van der Waals surface area contributed by atoms with E-state index in [1.54, 1.807) is 19.1 Å². The normalized spacial score (nSPS) is 13.3. The molecule has 0 saturated heterocycles. The number of carbonyl (C=O) groups is 1. The number of aliphatic hydroxyl groups is 1. The van der Waals surface area contributed by atoms with Gasteiger partial charge in [-0.15, -0.1) is 0 Å². The molecule has 7 heteroatoms. The van der Waals surface area contributed by atoms with Crippen LogP contribution in [0.4, 0.5) is 13.2 Å². The van der Waals surface area contributed by atoms with E-state index in [0.29, 0.717) is 5.56 Å². The molecule has 0 aromatic heterocycles. The van der Waals surface area contributed by atoms with Crippen molar-refractivity contribution in [1.82, 2.24) is 5.32 Å². The summed E-state index contributed by atoms with van der Waals surface area (Å²) in [5.41, 5.74) is 6.93. The molecule has 106 valence electrons. The van der Waals surface area contributed by atoms with Crippen LogP contribution in [0.1, 0.15) is 21.5 Å². The Morgan fingerprint density at radius 2 is 2.11 bits per heavy atom. The van der Waals surface area contributed by atoms with E-state index in [4.69, 9.17) is 10.8 Å². The number of nitrogens with two attached hydrogens (primary N) is 1. The van der Waals surface area contributed by atoms with Crippen molar-refractivity contribution in [3.8, 4) is 0 Å². The third-order valence-electron chi connectivity index (χ3n) is 2.66. The lowest BCUT2D eigenvalue weighted by Crippen LogP contribution is -2.38. The summed E-state index contributed by atoms with van der Waals surface area (Å²) in [5.74, 6) is -0.560. The molecule has 0 bridgehead atoms. The predicted molar refractivity (Wildman–Crippen MR) is 63.5 cm³/mol. The summed E-state index contributed by atoms with van der Waals surface area (Å²) < 4.78 is 36.2. The fourth-order valence-corrected chi connectivity index (χ4v) is 1.51. The summed E-state index contributed by atoms with van der Waals surface area (Å²) in [6, 6.07) is 4.69. The Morgan fingerprint density at radius 1 is 1.47 bits per heavy atom. The lowest BCUT2D eigenvalue weighted by atomic mass is 10.0. The van der Waals surface area contributed by atoms with Crippen LogP contribution in [0.3, 0.4) is 0 Å². The number of benzene rings is 1. The summed E-state index contributed by atoms with van der Waals surface area (Å²) in [5, 5.41) is 11.3. The first-order valence-electron chi connectivity index (χ1n) is 5.56. The van der Waals surface area contributed by atoms with E-state index in [1.165, 1.54) is 6.07 Å². The van der Waals surface area contributed by atoms with Crippen molar-refractivity contribution in [2.24, 2.45) is 5.73 Å². The number of hydrogen-bond donors (Lipinski definition) is 3. The molecule has 0 aliphatic heterocycles. The Kier molecular flexibility index (Phi) is 4.90. The standard InChI is InChI=1S/C12H15F3N2O2/c1-7-4-8(11(16)19)2-3-9(7)5-17-6-10(18)12(13,14)15/h2-4,10,17-18H,5-6H2,1H3,(H2,16,19). The van der Waals surface area contributed by atoms with Gasteiger partial charge in [-0.3, -0.25) is 4.79 Å². The van der Waals surface area contributed by atoms with Gasteiger partial charge in [0.1, 0.15) is 0 Å². The molecule has 1 aromatic rings. The van der Waals surface area contributed by atoms with E-state index in [-0.39, 0.29) is 6.54 Å². The molecule has 1 unspecified atom stereocenters. The first kappa shape index (κ1) is 15.5. The molecule has 4 nitrogen and oxygen atoms in total. The minimum absolute atomic E-state index is 0.165. The highest BCUT2D eigenvalue weighted by atomic mass is 19.4. The number of hydrogen-bond acceptors (Lipinski definition) is 3. The van der Waals surface area contributed by atoms with Crippen molar-refractivity contribution >= 4 is 5.91 Å². The number of amides is 1. The SMILES string of the molecule is Cc1cc(C(N)=O)ccc1CNCC(O)C(F)(F)F. The van der Waals surface area contributed by atoms with Gasteiger partial charge >= 0.3 is 6.18 Å². The quantitative estimate of drug-likeness (QED) is 0.754. The maximum atomic E-state index is 12.1. The summed E-state index contributed by atoms with van der Waals surface area (Å²) in [4.78, 5) is 10.9. The van der Waals surface area contributed by atoms with Crippen LogP contribution in [-0.4, -0.2) is 29.8 Å². The Balaban J connectivity index is 2.57. The van der Waals surface area contributed by atoms with Gasteiger partial charge in [-0.1, -0.05) is 6.07 Å². The van der Waals surface area contributed by atoms with Crippen LogP contribution in [0.5, 0.6) is 0 Å². The monoisotopic (exact) mass is 276 g/mol. The number of alkyl halides is 3. The zero-order chi connectivity index (χ0) is 14.6. The zero-order valence-electron chi connectivity index (χ0n) is 10.3. The van der Waals surface area contributed by atoms with Crippen LogP contribution in [0, 0.1) is 6.92 Å². The Labute approximate surface area is 108 Å². The summed E-state index contributed by atoms with van der Waals surface area (Å²) >= 11 is 0. The van der Waals surface area contributed by atoms with Crippen molar-refractivity contribution in [1.29, 1.82) is 0 Å². The highest BCUT2D eigenvalue weighted by Gasteiger charge is 2.37. The second-order valence-electron chi connectivity index (χ2n) is 4.19. The van der Waals surface area contributed by atoms with Crippen molar-refractivity contribution in [3.05, 3.63) is 34.9 Å². The van der Waals surface area contributed by atoms with Crippen molar-refractivity contribution < 1.29 is 23.1 Å². The first-order chi connectivity index (χ1) is 8.71. The van der Waals surface area contributed by atoms with Crippen LogP contribution < -0.4 is 11.1 Å². The summed E-state index contributed by atoms with van der Waals surface area (Å²) in [6.07, 6.45) is -7.02. The van der Waals surface area contributed by atoms with Gasteiger partial charge in [-0.2, -0.15) is 13.2 Å². The highest BCUT2D eigenvalue weighted by Crippen LogP contribution is 2.19. The van der Waals surface area contributed by atoms with Gasteiger partial charge in [0.25, 0.3) is 0 Å². The van der Waals surface area contributed by atoms with Gasteiger partial charge in [0.05, 0.1) is 0 Å². The number of aryl methyl sites for hydroxylation is 1. The Hall–Kier alpha value is -1.60. The Bertz CT molecular complexity index is 461. The minimum atomic E-state index is -4.63. The topological polar surface area (TPSA) is 75.4 Å². The minimum Gasteiger partial charge on any atom is -0.382 e. The molecule has 1 atom stereocenters. The molecule has 0 aliphatic carbocycles. The fraction of sp³-hybridized carbons (Fsp3) is 0.417. The van der Waals surface area contributed by atoms with Gasteiger partial charge in [-0.25, -0.2) is 0 Å². The largest absolute Gasteiger partial charge is 0.415 e. The number of halogens is 3. The molecule has 0 heterocycles. The van der Waals surface area contributed by atoms with Gasteiger partial charge in [0.15, 0.2) is 6.10 Å². The molecule has 0 aliphatic rings. The number of nitrogens with one attached hydrogen (secondary N) is 1. The molecule has 4 N–H and O–H groups in total. The maximum Gasteiger partial charge on any atom is 0.415 e. The molecule has 1 aromatic carbocycles. The van der Waals surface area contributed by atoms with E-state index < -0.39 is 24.7 Å². The second kappa shape index (κ2) is 6.03. The van der Waals surface area contributed by atoms with Gasteiger partial charge < -0.3 is 16.2 Å². The molecule has 0 spiro atoms. The van der Waals surface area contributed by atoms with E-state index in [9.17, 15) is 18.0 Å². The predicted octanol–water partition coefficient (Wildman–Crippen LogP) is 1.11. The van der Waals surface area contributed by atoms with Gasteiger partial charge in [-0.05, 0) is 30.2 Å². The van der Waals surface area contributed by atoms with Crippen LogP contribution in [0.2, 0.25) is 0 Å². The van der Waals surface area contributed by atoms with E-state index in [1.807, 2.05) is 0 Å². The number of carbonyl (C=O) groups excluding carboxylic acids is 1. The molecule has 19 heavy (non-hydrogen) atoms. The molecule has 1 rings (SSSR count). The number of aliphatic hydroxyl groups excluding tert-OH is 1. The van der Waals surface area contributed by atoms with E-state index >= 15 is 0 Å². The Morgan fingerprint density at radius 3 is 2.58 bits per heavy atom. The maximum absolute atomic E-state index is 12.1. The molecule has 0 radical (unpaired) electrons. The van der Waals surface area contributed by atoms with Crippen LogP contribution in [-0.2, 0) is 6.54 Å². The molecule has 0 saturated carbocycles. The highest BCUT2D eigenvalue weighted by molar-refractivity contribution is 5.93. The van der Waals surface area contributed by atoms with Crippen molar-refractivity contribution in [2.75, 3.05) is 6.54 Å². The van der Waals surface area contributed by atoms with Gasteiger partial charge in [0.2, 0.25) is 5.91 Å². The van der Waals surface area contributed by atoms with E-state index in [2.05, 4.69) is 5.32 Å². The third kappa shape index (κ3) is 4.53. The smallest absolute Gasteiger partial charge is 0.382 e. The molecule has 1 amide bonds. The van der Waals surface area contributed by atoms with Crippen molar-refractivity contribution in [3.63, 3.8) is 0 Å². The third-order valence-corrected chi connectivity index (χ3v) is 2.66.